The molecule has 1 saturated heterocycles. The van der Waals surface area contributed by atoms with E-state index in [1.54, 1.807) is 24.0 Å². The third kappa shape index (κ3) is 2.76. The molecule has 0 aliphatic carbocycles. The molecule has 1 aromatic rings. The highest BCUT2D eigenvalue weighted by Gasteiger charge is 2.48. The van der Waals surface area contributed by atoms with E-state index in [-0.39, 0.29) is 17.6 Å². The summed E-state index contributed by atoms with van der Waals surface area (Å²) in [7, 11) is 1.48. The van der Waals surface area contributed by atoms with Crippen LogP contribution in [-0.4, -0.2) is 59.0 Å². The lowest BCUT2D eigenvalue weighted by molar-refractivity contribution is -0.133. The van der Waals surface area contributed by atoms with Crippen LogP contribution in [0.3, 0.4) is 0 Å². The lowest BCUT2D eigenvalue weighted by Gasteiger charge is -2.33. The second-order valence-corrected chi connectivity index (χ2v) is 6.10. The largest absolute Gasteiger partial charge is 0.504 e. The fourth-order valence-electron chi connectivity index (χ4n) is 3.14. The number of rotatable bonds is 4. The average Bonchev–Trinajstić information content (AvgIpc) is 2.85. The van der Waals surface area contributed by atoms with Gasteiger partial charge in [-0.05, 0) is 24.6 Å². The minimum absolute atomic E-state index is 0.0277. The van der Waals surface area contributed by atoms with E-state index < -0.39 is 18.1 Å². The molecule has 0 radical (unpaired) electrons. The monoisotopic (exact) mass is 309 g/mol. The number of benzene rings is 1. The minimum atomic E-state index is -0.641. The van der Waals surface area contributed by atoms with Crippen LogP contribution < -0.4 is 4.74 Å². The summed E-state index contributed by atoms with van der Waals surface area (Å²) in [6.07, 6.45) is -0.641. The van der Waals surface area contributed by atoms with E-state index in [0.29, 0.717) is 18.8 Å². The van der Waals surface area contributed by atoms with Crippen LogP contribution in [0.2, 0.25) is 0 Å². The van der Waals surface area contributed by atoms with E-state index >= 15 is 0 Å². The van der Waals surface area contributed by atoms with Crippen molar-refractivity contribution < 1.29 is 24.9 Å². The Morgan fingerprint density at radius 2 is 2.23 bits per heavy atom. The number of aliphatic hydroxyl groups excluding tert-OH is 2. The Bertz CT molecular complexity index is 559. The Morgan fingerprint density at radius 3 is 2.73 bits per heavy atom. The summed E-state index contributed by atoms with van der Waals surface area (Å²) in [5.41, 5.74) is 0.279. The van der Waals surface area contributed by atoms with Crippen molar-refractivity contribution in [2.75, 3.05) is 26.8 Å². The molecule has 1 aromatic carbocycles. The molecular weight excluding hydrogens is 286 g/mol. The van der Waals surface area contributed by atoms with E-state index in [0.717, 1.165) is 5.56 Å². The summed E-state index contributed by atoms with van der Waals surface area (Å²) >= 11 is 0. The van der Waals surface area contributed by atoms with Crippen LogP contribution in [-0.2, 0) is 4.79 Å². The molecule has 3 N–H and O–H groups in total. The predicted molar refractivity (Wildman–Crippen MR) is 80.9 cm³/mol. The van der Waals surface area contributed by atoms with E-state index in [9.17, 15) is 15.0 Å². The molecule has 22 heavy (non-hydrogen) atoms. The molecule has 0 saturated carbocycles. The SMILES string of the molecule is COc1ccc([C@@H]2CN(C(=O)CO)C[C@@]2(C)[C@@H](C)O)cc1O. The fourth-order valence-corrected chi connectivity index (χ4v) is 3.14. The second kappa shape index (κ2) is 6.14. The van der Waals surface area contributed by atoms with Crippen molar-refractivity contribution >= 4 is 5.91 Å². The molecule has 1 aliphatic rings. The summed E-state index contributed by atoms with van der Waals surface area (Å²) < 4.78 is 5.04. The molecule has 0 aromatic heterocycles. The average molecular weight is 309 g/mol. The van der Waals surface area contributed by atoms with Gasteiger partial charge in [0.1, 0.15) is 6.61 Å². The van der Waals surface area contributed by atoms with Crippen molar-refractivity contribution in [3.8, 4) is 11.5 Å². The number of hydrogen-bond donors (Lipinski definition) is 3. The van der Waals surface area contributed by atoms with Gasteiger partial charge in [0, 0.05) is 24.4 Å². The molecular formula is C16H23NO5. The smallest absolute Gasteiger partial charge is 0.248 e. The van der Waals surface area contributed by atoms with Crippen LogP contribution in [0.15, 0.2) is 18.2 Å². The molecule has 1 heterocycles. The van der Waals surface area contributed by atoms with Crippen LogP contribution in [0.1, 0.15) is 25.3 Å². The number of phenolic OH excluding ortho intramolecular Hbond substituents is 1. The third-order valence-electron chi connectivity index (χ3n) is 4.78. The summed E-state index contributed by atoms with van der Waals surface area (Å²) in [6.45, 7) is 3.82. The summed E-state index contributed by atoms with van der Waals surface area (Å²) in [5, 5.41) is 29.2. The molecule has 0 bridgehead atoms. The number of carbonyl (C=O) groups excluding carboxylic acids is 1. The van der Waals surface area contributed by atoms with Gasteiger partial charge in [0.05, 0.1) is 13.2 Å². The van der Waals surface area contributed by atoms with Gasteiger partial charge in [0.15, 0.2) is 11.5 Å². The van der Waals surface area contributed by atoms with Crippen molar-refractivity contribution in [3.05, 3.63) is 23.8 Å². The van der Waals surface area contributed by atoms with Gasteiger partial charge in [-0.2, -0.15) is 0 Å². The Kier molecular flexibility index (Phi) is 4.63. The van der Waals surface area contributed by atoms with Crippen LogP contribution in [0.5, 0.6) is 11.5 Å². The Labute approximate surface area is 129 Å². The number of methoxy groups -OCH3 is 1. The van der Waals surface area contributed by atoms with Crippen molar-refractivity contribution in [3.63, 3.8) is 0 Å². The minimum Gasteiger partial charge on any atom is -0.504 e. The first-order valence-electron chi connectivity index (χ1n) is 7.27. The van der Waals surface area contributed by atoms with Crippen LogP contribution in [0.25, 0.3) is 0 Å². The number of likely N-dealkylation sites (tertiary alicyclic amines) is 1. The quantitative estimate of drug-likeness (QED) is 0.762. The number of carbonyl (C=O) groups is 1. The number of amides is 1. The second-order valence-electron chi connectivity index (χ2n) is 6.10. The number of phenols is 1. The molecule has 1 amide bonds. The highest BCUT2D eigenvalue weighted by atomic mass is 16.5. The first kappa shape index (κ1) is 16.6. The van der Waals surface area contributed by atoms with E-state index in [1.807, 2.05) is 13.0 Å². The zero-order valence-corrected chi connectivity index (χ0v) is 13.1. The van der Waals surface area contributed by atoms with Gasteiger partial charge >= 0.3 is 0 Å². The fraction of sp³-hybridized carbons (Fsp3) is 0.562. The highest BCUT2D eigenvalue weighted by molar-refractivity contribution is 5.77. The predicted octanol–water partition coefficient (Wildman–Crippen LogP) is 0.706. The zero-order valence-electron chi connectivity index (χ0n) is 13.1. The maximum absolute atomic E-state index is 11.8. The Hall–Kier alpha value is -1.79. The third-order valence-corrected chi connectivity index (χ3v) is 4.78. The van der Waals surface area contributed by atoms with Gasteiger partial charge in [0.2, 0.25) is 5.91 Å². The summed E-state index contributed by atoms with van der Waals surface area (Å²) in [5.74, 6) is -0.0874. The van der Waals surface area contributed by atoms with Crippen LogP contribution >= 0.6 is 0 Å². The number of nitrogens with zero attached hydrogens (tertiary/aromatic N) is 1. The topological polar surface area (TPSA) is 90.2 Å². The lowest BCUT2D eigenvalue weighted by atomic mass is 9.72. The maximum Gasteiger partial charge on any atom is 0.248 e. The van der Waals surface area contributed by atoms with Crippen molar-refractivity contribution in [2.45, 2.75) is 25.9 Å². The van der Waals surface area contributed by atoms with Crippen LogP contribution in [0.4, 0.5) is 0 Å². The van der Waals surface area contributed by atoms with E-state index in [4.69, 9.17) is 9.84 Å². The standard InChI is InChI=1S/C16H23NO5/c1-10(19)16(2)9-17(15(21)8-18)7-12(16)11-4-5-14(22-3)13(20)6-11/h4-6,10,12,18-20H,7-9H2,1-3H3/t10-,12+,16+/m1/s1. The summed E-state index contributed by atoms with van der Waals surface area (Å²) in [6, 6.07) is 5.11. The molecule has 6 nitrogen and oxygen atoms in total. The van der Waals surface area contributed by atoms with Gasteiger partial charge < -0.3 is 25.0 Å². The van der Waals surface area contributed by atoms with Gasteiger partial charge in [0.25, 0.3) is 0 Å². The first-order chi connectivity index (χ1) is 10.3. The Morgan fingerprint density at radius 1 is 1.55 bits per heavy atom. The molecule has 1 fully saturated rings. The molecule has 0 unspecified atom stereocenters. The molecule has 122 valence electrons. The van der Waals surface area contributed by atoms with Gasteiger partial charge in [-0.1, -0.05) is 13.0 Å². The molecule has 6 heteroatoms. The Balaban J connectivity index is 2.38. The first-order valence-corrected chi connectivity index (χ1v) is 7.27. The molecule has 2 rings (SSSR count). The normalized spacial score (nSPS) is 26.0. The maximum atomic E-state index is 11.8. The van der Waals surface area contributed by atoms with Crippen molar-refractivity contribution in [2.24, 2.45) is 5.41 Å². The van der Waals surface area contributed by atoms with E-state index in [1.165, 1.54) is 7.11 Å². The molecule has 3 atom stereocenters. The van der Waals surface area contributed by atoms with Crippen molar-refractivity contribution in [1.82, 2.24) is 4.90 Å². The zero-order chi connectivity index (χ0) is 16.5. The number of aliphatic hydroxyl groups is 2. The number of hydrogen-bond acceptors (Lipinski definition) is 5. The number of aromatic hydroxyl groups is 1. The van der Waals surface area contributed by atoms with Gasteiger partial charge in [-0.3, -0.25) is 4.79 Å². The van der Waals surface area contributed by atoms with Gasteiger partial charge in [-0.15, -0.1) is 0 Å². The van der Waals surface area contributed by atoms with E-state index in [2.05, 4.69) is 0 Å². The lowest BCUT2D eigenvalue weighted by Crippen LogP contribution is -2.38. The molecule has 0 spiro atoms. The van der Waals surface area contributed by atoms with Crippen LogP contribution in [0, 0.1) is 5.41 Å². The number of ether oxygens (including phenoxy) is 1. The summed E-state index contributed by atoms with van der Waals surface area (Å²) in [4.78, 5) is 13.3. The molecule has 1 aliphatic heterocycles. The highest BCUT2D eigenvalue weighted by Crippen LogP contribution is 2.46. The van der Waals surface area contributed by atoms with Gasteiger partial charge in [-0.25, -0.2) is 0 Å². The van der Waals surface area contributed by atoms with Crippen molar-refractivity contribution in [1.29, 1.82) is 0 Å².